The molecule has 94 valence electrons. The second kappa shape index (κ2) is 5.25. The van der Waals surface area contributed by atoms with Gasteiger partial charge in [-0.3, -0.25) is 9.89 Å². The van der Waals surface area contributed by atoms with Gasteiger partial charge in [-0.15, -0.1) is 0 Å². The van der Waals surface area contributed by atoms with Crippen molar-refractivity contribution >= 4 is 45.8 Å². The van der Waals surface area contributed by atoms with E-state index < -0.39 is 5.91 Å². The van der Waals surface area contributed by atoms with E-state index in [0.29, 0.717) is 5.82 Å². The predicted molar refractivity (Wildman–Crippen MR) is 79.0 cm³/mol. The topological polar surface area (TPSA) is 110 Å². The maximum atomic E-state index is 11.3. The van der Waals surface area contributed by atoms with Crippen molar-refractivity contribution in [1.82, 2.24) is 10.2 Å². The maximum absolute atomic E-state index is 11.3. The number of carbonyl (C=O) groups is 1. The molecule has 0 saturated carbocycles. The second-order valence-electron chi connectivity index (χ2n) is 3.68. The normalized spacial score (nSPS) is 10.3. The lowest BCUT2D eigenvalue weighted by Crippen LogP contribution is -2.14. The standard InChI is InChI=1S/C11H12IN5O/c12-5-6-2-1-3-7(4-6)15-11-8(10(14)18)9(13)16-17-11/h1-4H,5H2,(H2,14,18)(H4,13,15,16,17). The van der Waals surface area contributed by atoms with Gasteiger partial charge in [-0.2, -0.15) is 5.10 Å². The number of halogens is 1. The van der Waals surface area contributed by atoms with E-state index in [0.717, 1.165) is 10.1 Å². The number of nitrogen functional groups attached to an aromatic ring is 1. The number of hydrogen-bond donors (Lipinski definition) is 4. The van der Waals surface area contributed by atoms with Crippen molar-refractivity contribution in [2.24, 2.45) is 5.73 Å². The van der Waals surface area contributed by atoms with Crippen LogP contribution in [-0.2, 0) is 4.43 Å². The Morgan fingerprint density at radius 2 is 2.28 bits per heavy atom. The molecule has 0 atom stereocenters. The predicted octanol–water partition coefficient (Wildman–Crippen LogP) is 1.77. The minimum Gasteiger partial charge on any atom is -0.383 e. The van der Waals surface area contributed by atoms with Crippen LogP contribution in [0, 0.1) is 0 Å². The summed E-state index contributed by atoms with van der Waals surface area (Å²) in [6, 6.07) is 7.80. The number of H-pyrrole nitrogens is 1. The summed E-state index contributed by atoms with van der Waals surface area (Å²) in [6.07, 6.45) is 0. The summed E-state index contributed by atoms with van der Waals surface area (Å²) in [7, 11) is 0. The van der Waals surface area contributed by atoms with Crippen LogP contribution in [0.2, 0.25) is 0 Å². The quantitative estimate of drug-likeness (QED) is 0.494. The van der Waals surface area contributed by atoms with Gasteiger partial charge in [-0.05, 0) is 17.7 Å². The third-order valence-corrected chi connectivity index (χ3v) is 3.27. The Bertz CT molecular complexity index is 581. The summed E-state index contributed by atoms with van der Waals surface area (Å²) in [5, 5.41) is 9.48. The molecule has 0 unspecified atom stereocenters. The highest BCUT2D eigenvalue weighted by Gasteiger charge is 2.16. The average molecular weight is 357 g/mol. The smallest absolute Gasteiger partial charge is 0.256 e. The fraction of sp³-hybridized carbons (Fsp3) is 0.0909. The molecular formula is C11H12IN5O. The molecule has 2 aromatic rings. The highest BCUT2D eigenvalue weighted by atomic mass is 127. The van der Waals surface area contributed by atoms with Gasteiger partial charge in [-0.25, -0.2) is 0 Å². The fourth-order valence-corrected chi connectivity index (χ4v) is 2.04. The molecule has 0 aliphatic rings. The van der Waals surface area contributed by atoms with Gasteiger partial charge < -0.3 is 16.8 Å². The molecule has 2 rings (SSSR count). The molecule has 0 aliphatic carbocycles. The van der Waals surface area contributed by atoms with Crippen molar-refractivity contribution in [1.29, 1.82) is 0 Å². The number of nitrogens with zero attached hydrogens (tertiary/aromatic N) is 1. The van der Waals surface area contributed by atoms with Crippen molar-refractivity contribution in [3.05, 3.63) is 35.4 Å². The zero-order valence-electron chi connectivity index (χ0n) is 9.40. The van der Waals surface area contributed by atoms with Crippen LogP contribution in [0.3, 0.4) is 0 Å². The molecule has 1 amide bonds. The summed E-state index contributed by atoms with van der Waals surface area (Å²) in [4.78, 5) is 11.3. The molecule has 7 heteroatoms. The van der Waals surface area contributed by atoms with Crippen LogP contribution < -0.4 is 16.8 Å². The van der Waals surface area contributed by atoms with E-state index in [4.69, 9.17) is 11.5 Å². The lowest BCUT2D eigenvalue weighted by molar-refractivity contribution is 0.100. The molecule has 6 nitrogen and oxygen atoms in total. The maximum Gasteiger partial charge on any atom is 0.256 e. The highest BCUT2D eigenvalue weighted by molar-refractivity contribution is 14.1. The molecule has 1 heterocycles. The fourth-order valence-electron chi connectivity index (χ4n) is 1.56. The minimum absolute atomic E-state index is 0.162. The monoisotopic (exact) mass is 357 g/mol. The molecule has 0 radical (unpaired) electrons. The van der Waals surface area contributed by atoms with Crippen LogP contribution >= 0.6 is 22.6 Å². The number of hydrogen-bond acceptors (Lipinski definition) is 4. The number of aromatic amines is 1. The van der Waals surface area contributed by atoms with Gasteiger partial charge in [-0.1, -0.05) is 34.7 Å². The van der Waals surface area contributed by atoms with Crippen molar-refractivity contribution < 1.29 is 4.79 Å². The Morgan fingerprint density at radius 1 is 1.50 bits per heavy atom. The van der Waals surface area contributed by atoms with E-state index in [1.807, 2.05) is 24.3 Å². The zero-order valence-corrected chi connectivity index (χ0v) is 11.6. The largest absolute Gasteiger partial charge is 0.383 e. The number of rotatable bonds is 4. The van der Waals surface area contributed by atoms with Crippen molar-refractivity contribution in [3.63, 3.8) is 0 Å². The molecule has 6 N–H and O–H groups in total. The highest BCUT2D eigenvalue weighted by Crippen LogP contribution is 2.23. The SMILES string of the molecule is NC(=O)c1c(Nc2cccc(CI)c2)n[nH]c1N. The molecule has 0 fully saturated rings. The molecule has 18 heavy (non-hydrogen) atoms. The number of nitrogens with two attached hydrogens (primary N) is 2. The lowest BCUT2D eigenvalue weighted by Gasteiger charge is -2.06. The Morgan fingerprint density at radius 3 is 2.94 bits per heavy atom. The molecule has 1 aromatic heterocycles. The third kappa shape index (κ3) is 2.55. The van der Waals surface area contributed by atoms with Crippen LogP contribution in [0.25, 0.3) is 0 Å². The molecule has 0 aliphatic heterocycles. The van der Waals surface area contributed by atoms with E-state index in [-0.39, 0.29) is 11.4 Å². The first-order valence-corrected chi connectivity index (χ1v) is 6.70. The number of aromatic nitrogens is 2. The first-order valence-electron chi connectivity index (χ1n) is 5.17. The summed E-state index contributed by atoms with van der Waals surface area (Å²) in [5.41, 5.74) is 13.0. The average Bonchev–Trinajstić information content (AvgIpc) is 2.70. The molecule has 1 aromatic carbocycles. The van der Waals surface area contributed by atoms with Crippen LogP contribution in [0.15, 0.2) is 24.3 Å². The van der Waals surface area contributed by atoms with Gasteiger partial charge >= 0.3 is 0 Å². The Labute approximate surface area is 117 Å². The third-order valence-electron chi connectivity index (χ3n) is 2.38. The van der Waals surface area contributed by atoms with Crippen molar-refractivity contribution in [2.75, 3.05) is 11.1 Å². The molecule has 0 spiro atoms. The second-order valence-corrected chi connectivity index (χ2v) is 4.45. The first-order chi connectivity index (χ1) is 8.61. The molecule has 0 bridgehead atoms. The van der Waals surface area contributed by atoms with E-state index >= 15 is 0 Å². The zero-order chi connectivity index (χ0) is 13.1. The number of carbonyl (C=O) groups excluding carboxylic acids is 1. The number of benzene rings is 1. The Kier molecular flexibility index (Phi) is 3.70. The number of primary amides is 1. The Hall–Kier alpha value is -1.77. The van der Waals surface area contributed by atoms with Crippen molar-refractivity contribution in [3.8, 4) is 0 Å². The Balaban J connectivity index is 2.31. The van der Waals surface area contributed by atoms with E-state index in [1.165, 1.54) is 5.56 Å². The summed E-state index contributed by atoms with van der Waals surface area (Å²) in [5.74, 6) is -0.116. The van der Waals surface area contributed by atoms with Gasteiger partial charge in [0.1, 0.15) is 11.4 Å². The minimum atomic E-state index is -0.617. The summed E-state index contributed by atoms with van der Waals surface area (Å²) >= 11 is 2.28. The van der Waals surface area contributed by atoms with E-state index in [9.17, 15) is 4.79 Å². The first kappa shape index (κ1) is 12.7. The lowest BCUT2D eigenvalue weighted by atomic mass is 10.2. The van der Waals surface area contributed by atoms with Gasteiger partial charge in [0.2, 0.25) is 0 Å². The van der Waals surface area contributed by atoms with E-state index in [1.54, 1.807) is 0 Å². The summed E-state index contributed by atoms with van der Waals surface area (Å²) in [6.45, 7) is 0. The number of nitrogens with one attached hydrogen (secondary N) is 2. The number of alkyl halides is 1. The van der Waals surface area contributed by atoms with Gasteiger partial charge in [0, 0.05) is 10.1 Å². The van der Waals surface area contributed by atoms with Gasteiger partial charge in [0.15, 0.2) is 5.82 Å². The number of amides is 1. The van der Waals surface area contributed by atoms with Gasteiger partial charge in [0.05, 0.1) is 0 Å². The molecule has 0 saturated heterocycles. The van der Waals surface area contributed by atoms with Crippen molar-refractivity contribution in [2.45, 2.75) is 4.43 Å². The summed E-state index contributed by atoms with van der Waals surface area (Å²) < 4.78 is 0.901. The van der Waals surface area contributed by atoms with Crippen LogP contribution in [0.1, 0.15) is 15.9 Å². The molecular weight excluding hydrogens is 345 g/mol. The van der Waals surface area contributed by atoms with Crippen LogP contribution in [-0.4, -0.2) is 16.1 Å². The van der Waals surface area contributed by atoms with Crippen LogP contribution in [0.4, 0.5) is 17.3 Å². The number of anilines is 3. The van der Waals surface area contributed by atoms with Crippen LogP contribution in [0.5, 0.6) is 0 Å². The van der Waals surface area contributed by atoms with Gasteiger partial charge in [0.25, 0.3) is 5.91 Å². The van der Waals surface area contributed by atoms with E-state index in [2.05, 4.69) is 38.1 Å².